The number of aliphatic hydroxyl groups is 1. The highest BCUT2D eigenvalue weighted by molar-refractivity contribution is 5.78. The molecule has 1 heterocycles. The van der Waals surface area contributed by atoms with Gasteiger partial charge in [-0.2, -0.15) is 0 Å². The predicted octanol–water partition coefficient (Wildman–Crippen LogP) is 3.82. The van der Waals surface area contributed by atoms with Crippen LogP contribution >= 0.6 is 0 Å². The fourth-order valence-corrected chi connectivity index (χ4v) is 6.11. The van der Waals surface area contributed by atoms with Gasteiger partial charge in [0, 0.05) is 30.1 Å². The zero-order valence-corrected chi connectivity index (χ0v) is 19.1. The molecule has 0 bridgehead atoms. The van der Waals surface area contributed by atoms with Crippen LogP contribution in [-0.2, 0) is 4.79 Å². The maximum atomic E-state index is 13.0. The Morgan fingerprint density at radius 2 is 1.87 bits per heavy atom. The minimum atomic E-state index is -0.673. The van der Waals surface area contributed by atoms with Crippen LogP contribution in [0.1, 0.15) is 75.8 Å². The molecule has 1 amide bonds. The van der Waals surface area contributed by atoms with Crippen LogP contribution in [-0.4, -0.2) is 54.9 Å². The van der Waals surface area contributed by atoms with Gasteiger partial charge in [-0.25, -0.2) is 0 Å². The van der Waals surface area contributed by atoms with E-state index in [4.69, 9.17) is 9.47 Å². The minimum Gasteiger partial charge on any atom is -0.497 e. The summed E-state index contributed by atoms with van der Waals surface area (Å²) in [5.74, 6) is 1.74. The zero-order valence-electron chi connectivity index (χ0n) is 19.1. The Balaban J connectivity index is 1.61. The van der Waals surface area contributed by atoms with Crippen molar-refractivity contribution in [2.75, 3.05) is 27.3 Å². The van der Waals surface area contributed by atoms with E-state index in [0.717, 1.165) is 62.0 Å². The van der Waals surface area contributed by atoms with Crippen molar-refractivity contribution < 1.29 is 19.4 Å². The first kappa shape index (κ1) is 22.4. The van der Waals surface area contributed by atoms with E-state index in [0.29, 0.717) is 19.1 Å². The summed E-state index contributed by atoms with van der Waals surface area (Å²) in [5, 5.41) is 14.8. The monoisotopic (exact) mass is 430 g/mol. The molecule has 172 valence electrons. The SMILES string of the molecule is COc1ccc(OC)c(C2C3CCCCC3(O)CCN2CC(=O)NC2CCCCC2)c1. The molecule has 3 aliphatic rings. The molecular formula is C25H38N2O4. The molecule has 1 aliphatic heterocycles. The first-order chi connectivity index (χ1) is 15.0. The highest BCUT2D eigenvalue weighted by Gasteiger charge is 2.50. The molecular weight excluding hydrogens is 392 g/mol. The maximum Gasteiger partial charge on any atom is 0.234 e. The molecule has 2 aliphatic carbocycles. The first-order valence-electron chi connectivity index (χ1n) is 12.0. The number of likely N-dealkylation sites (tertiary alicyclic amines) is 1. The normalized spacial score (nSPS) is 29.8. The molecule has 1 aromatic rings. The van der Waals surface area contributed by atoms with Gasteiger partial charge in [-0.3, -0.25) is 9.69 Å². The van der Waals surface area contributed by atoms with Gasteiger partial charge in [0.15, 0.2) is 0 Å². The molecule has 3 atom stereocenters. The smallest absolute Gasteiger partial charge is 0.234 e. The molecule has 3 fully saturated rings. The van der Waals surface area contributed by atoms with Crippen LogP contribution < -0.4 is 14.8 Å². The summed E-state index contributed by atoms with van der Waals surface area (Å²) in [6.07, 6.45) is 10.5. The lowest BCUT2D eigenvalue weighted by atomic mass is 9.66. The number of piperidine rings is 1. The van der Waals surface area contributed by atoms with E-state index in [1.807, 2.05) is 18.2 Å². The Morgan fingerprint density at radius 3 is 2.61 bits per heavy atom. The third-order valence-electron chi connectivity index (χ3n) is 7.74. The van der Waals surface area contributed by atoms with Gasteiger partial charge in [0.05, 0.1) is 26.4 Å². The zero-order chi connectivity index (χ0) is 21.8. The van der Waals surface area contributed by atoms with E-state index >= 15 is 0 Å². The fourth-order valence-electron chi connectivity index (χ4n) is 6.11. The number of hydrogen-bond acceptors (Lipinski definition) is 5. The highest BCUT2D eigenvalue weighted by Crippen LogP contribution is 2.51. The topological polar surface area (TPSA) is 71.0 Å². The quantitative estimate of drug-likeness (QED) is 0.718. The molecule has 1 saturated heterocycles. The molecule has 0 aromatic heterocycles. The number of nitrogens with one attached hydrogen (secondary N) is 1. The Bertz CT molecular complexity index is 764. The van der Waals surface area contributed by atoms with Gasteiger partial charge in [-0.05, 0) is 50.3 Å². The average molecular weight is 431 g/mol. The summed E-state index contributed by atoms with van der Waals surface area (Å²) in [7, 11) is 3.35. The van der Waals surface area contributed by atoms with Gasteiger partial charge in [0.25, 0.3) is 0 Å². The van der Waals surface area contributed by atoms with Crippen molar-refractivity contribution in [1.29, 1.82) is 0 Å². The van der Waals surface area contributed by atoms with Gasteiger partial charge < -0.3 is 19.9 Å². The van der Waals surface area contributed by atoms with Gasteiger partial charge in [0.2, 0.25) is 5.91 Å². The molecule has 2 saturated carbocycles. The van der Waals surface area contributed by atoms with Crippen LogP contribution in [0.3, 0.4) is 0 Å². The third-order valence-corrected chi connectivity index (χ3v) is 7.74. The lowest BCUT2D eigenvalue weighted by Crippen LogP contribution is -2.56. The van der Waals surface area contributed by atoms with E-state index in [1.54, 1.807) is 14.2 Å². The Labute approximate surface area is 186 Å². The minimum absolute atomic E-state index is 0.0683. The van der Waals surface area contributed by atoms with Gasteiger partial charge in [-0.1, -0.05) is 32.1 Å². The van der Waals surface area contributed by atoms with Gasteiger partial charge >= 0.3 is 0 Å². The van der Waals surface area contributed by atoms with Crippen LogP contribution in [0.15, 0.2) is 18.2 Å². The van der Waals surface area contributed by atoms with Crippen molar-refractivity contribution in [3.63, 3.8) is 0 Å². The Morgan fingerprint density at radius 1 is 1.10 bits per heavy atom. The largest absolute Gasteiger partial charge is 0.497 e. The molecule has 6 heteroatoms. The molecule has 2 N–H and O–H groups in total. The standard InChI is InChI=1S/C25H38N2O4/c1-30-19-11-12-22(31-2)20(16-19)24-21-10-6-7-13-25(21,29)14-15-27(24)17-23(28)26-18-8-4-3-5-9-18/h11-12,16,18,21,24,29H,3-10,13-15,17H2,1-2H3,(H,26,28). The van der Waals surface area contributed by atoms with E-state index in [2.05, 4.69) is 10.2 Å². The lowest BCUT2D eigenvalue weighted by Gasteiger charge is -2.52. The number of rotatable bonds is 6. The number of fused-ring (bicyclic) bond motifs is 1. The second kappa shape index (κ2) is 9.78. The third kappa shape index (κ3) is 4.85. The van der Waals surface area contributed by atoms with Crippen LogP contribution in [0, 0.1) is 5.92 Å². The number of nitrogens with zero attached hydrogens (tertiary/aromatic N) is 1. The summed E-state index contributed by atoms with van der Waals surface area (Å²) < 4.78 is 11.2. The van der Waals surface area contributed by atoms with Crippen LogP contribution in [0.5, 0.6) is 11.5 Å². The molecule has 0 radical (unpaired) electrons. The second-order valence-corrected chi connectivity index (χ2v) is 9.63. The van der Waals surface area contributed by atoms with Crippen molar-refractivity contribution in [2.24, 2.45) is 5.92 Å². The Kier molecular flexibility index (Phi) is 7.07. The number of ether oxygens (including phenoxy) is 2. The van der Waals surface area contributed by atoms with Crippen LogP contribution in [0.2, 0.25) is 0 Å². The van der Waals surface area contributed by atoms with Crippen molar-refractivity contribution in [1.82, 2.24) is 10.2 Å². The van der Waals surface area contributed by atoms with E-state index in [-0.39, 0.29) is 17.9 Å². The number of hydrogen-bond donors (Lipinski definition) is 2. The number of carbonyl (C=O) groups is 1. The van der Waals surface area contributed by atoms with Crippen molar-refractivity contribution in [2.45, 2.75) is 81.9 Å². The summed E-state index contributed by atoms with van der Waals surface area (Å²) in [5.41, 5.74) is 0.338. The van der Waals surface area contributed by atoms with E-state index in [1.165, 1.54) is 19.3 Å². The summed E-state index contributed by atoms with van der Waals surface area (Å²) >= 11 is 0. The molecule has 0 spiro atoms. The number of methoxy groups -OCH3 is 2. The summed E-state index contributed by atoms with van der Waals surface area (Å²) in [6.45, 7) is 1.06. The highest BCUT2D eigenvalue weighted by atomic mass is 16.5. The number of amides is 1. The molecule has 6 nitrogen and oxygen atoms in total. The maximum absolute atomic E-state index is 13.0. The summed E-state index contributed by atoms with van der Waals surface area (Å²) in [4.78, 5) is 15.3. The first-order valence-corrected chi connectivity index (χ1v) is 12.0. The summed E-state index contributed by atoms with van der Waals surface area (Å²) in [6, 6.07) is 6.10. The van der Waals surface area contributed by atoms with Crippen molar-refractivity contribution in [3.05, 3.63) is 23.8 Å². The van der Waals surface area contributed by atoms with Crippen molar-refractivity contribution in [3.8, 4) is 11.5 Å². The van der Waals surface area contributed by atoms with Crippen LogP contribution in [0.4, 0.5) is 0 Å². The number of carbonyl (C=O) groups excluding carboxylic acids is 1. The molecule has 4 rings (SSSR count). The molecule has 1 aromatic carbocycles. The van der Waals surface area contributed by atoms with Crippen LogP contribution in [0.25, 0.3) is 0 Å². The fraction of sp³-hybridized carbons (Fsp3) is 0.720. The van der Waals surface area contributed by atoms with E-state index in [9.17, 15) is 9.90 Å². The second-order valence-electron chi connectivity index (χ2n) is 9.63. The van der Waals surface area contributed by atoms with E-state index < -0.39 is 5.60 Å². The predicted molar refractivity (Wildman–Crippen MR) is 120 cm³/mol. The molecule has 31 heavy (non-hydrogen) atoms. The molecule has 3 unspecified atom stereocenters. The average Bonchev–Trinajstić information content (AvgIpc) is 2.79. The van der Waals surface area contributed by atoms with Crippen molar-refractivity contribution >= 4 is 5.91 Å². The van der Waals surface area contributed by atoms with Gasteiger partial charge in [-0.15, -0.1) is 0 Å². The Hall–Kier alpha value is -1.79. The number of benzene rings is 1. The lowest BCUT2D eigenvalue weighted by molar-refractivity contribution is -0.138. The van der Waals surface area contributed by atoms with Gasteiger partial charge in [0.1, 0.15) is 11.5 Å².